The maximum absolute atomic E-state index is 11.9. The highest BCUT2D eigenvalue weighted by Crippen LogP contribution is 2.17. The molecule has 0 fully saturated rings. The molecule has 0 saturated carbocycles. The number of amides is 1. The van der Waals surface area contributed by atoms with Crippen LogP contribution in [0.3, 0.4) is 0 Å². The van der Waals surface area contributed by atoms with E-state index in [1.165, 1.54) is 16.4 Å². The van der Waals surface area contributed by atoms with Gasteiger partial charge in [-0.15, -0.1) is 0 Å². The zero-order valence-corrected chi connectivity index (χ0v) is 13.4. The van der Waals surface area contributed by atoms with Gasteiger partial charge in [0.1, 0.15) is 11.3 Å². The van der Waals surface area contributed by atoms with Crippen molar-refractivity contribution >= 4 is 11.9 Å². The number of aromatic nitrogens is 2. The number of nitrogens with two attached hydrogens (primary N) is 1. The molecule has 0 aliphatic carbocycles. The van der Waals surface area contributed by atoms with E-state index in [-0.39, 0.29) is 17.9 Å². The highest BCUT2D eigenvalue weighted by Gasteiger charge is 2.23. The minimum atomic E-state index is -0.722. The predicted octanol–water partition coefficient (Wildman–Crippen LogP) is 2.49. The molecule has 0 radical (unpaired) electrons. The minimum Gasteiger partial charge on any atom is -0.462 e. The number of primary amides is 1. The molecule has 1 aromatic heterocycles. The lowest BCUT2D eigenvalue weighted by Crippen LogP contribution is -2.20. The number of carbonyl (C=O) groups excluding carboxylic acids is 2. The topological polar surface area (TPSA) is 87.2 Å². The van der Waals surface area contributed by atoms with Crippen molar-refractivity contribution in [1.82, 2.24) is 9.78 Å². The Morgan fingerprint density at radius 1 is 1.22 bits per heavy atom. The van der Waals surface area contributed by atoms with Gasteiger partial charge in [-0.3, -0.25) is 4.79 Å². The number of hydrogen-bond acceptors (Lipinski definition) is 4. The van der Waals surface area contributed by atoms with Crippen molar-refractivity contribution in [3.05, 3.63) is 47.3 Å². The molecular formula is C17H21N3O3. The van der Waals surface area contributed by atoms with Crippen LogP contribution in [0, 0.1) is 0 Å². The normalized spacial score (nSPS) is 10.5. The van der Waals surface area contributed by atoms with E-state index in [2.05, 4.69) is 12.0 Å². The second-order valence-corrected chi connectivity index (χ2v) is 5.17. The van der Waals surface area contributed by atoms with Gasteiger partial charge in [0.05, 0.1) is 18.5 Å². The van der Waals surface area contributed by atoms with Crippen molar-refractivity contribution in [3.8, 4) is 5.69 Å². The maximum Gasteiger partial charge on any atom is 0.342 e. The highest BCUT2D eigenvalue weighted by atomic mass is 16.5. The summed E-state index contributed by atoms with van der Waals surface area (Å²) >= 11 is 0. The molecule has 2 aromatic rings. The molecule has 0 bridgehead atoms. The van der Waals surface area contributed by atoms with Gasteiger partial charge in [-0.1, -0.05) is 25.5 Å². The van der Waals surface area contributed by atoms with E-state index in [0.29, 0.717) is 5.69 Å². The molecule has 23 heavy (non-hydrogen) atoms. The van der Waals surface area contributed by atoms with Gasteiger partial charge in [0, 0.05) is 0 Å². The van der Waals surface area contributed by atoms with Crippen molar-refractivity contribution in [1.29, 1.82) is 0 Å². The number of benzene rings is 1. The first-order valence-electron chi connectivity index (χ1n) is 7.72. The molecule has 0 saturated heterocycles. The third-order valence-corrected chi connectivity index (χ3v) is 3.50. The SMILES string of the molecule is CCCCc1ccc(-n2ncc(C(=O)OCC)c2C(N)=O)cc1. The van der Waals surface area contributed by atoms with Gasteiger partial charge in [0.15, 0.2) is 0 Å². The molecule has 122 valence electrons. The summed E-state index contributed by atoms with van der Waals surface area (Å²) in [6.07, 6.45) is 4.58. The van der Waals surface area contributed by atoms with E-state index in [1.807, 2.05) is 24.3 Å². The Kier molecular flexibility index (Phi) is 5.51. The summed E-state index contributed by atoms with van der Waals surface area (Å²) in [5.41, 5.74) is 7.42. The molecule has 0 aliphatic rings. The Hall–Kier alpha value is -2.63. The van der Waals surface area contributed by atoms with Gasteiger partial charge < -0.3 is 10.5 Å². The number of ether oxygens (including phenoxy) is 1. The lowest BCUT2D eigenvalue weighted by atomic mass is 10.1. The van der Waals surface area contributed by atoms with Crippen LogP contribution in [0.25, 0.3) is 5.69 Å². The molecular weight excluding hydrogens is 294 g/mol. The average Bonchev–Trinajstić information content (AvgIpc) is 2.99. The molecule has 6 nitrogen and oxygen atoms in total. The predicted molar refractivity (Wildman–Crippen MR) is 86.7 cm³/mol. The fraction of sp³-hybridized carbons (Fsp3) is 0.353. The van der Waals surface area contributed by atoms with Crippen molar-refractivity contribution < 1.29 is 14.3 Å². The van der Waals surface area contributed by atoms with Crippen LogP contribution < -0.4 is 5.73 Å². The summed E-state index contributed by atoms with van der Waals surface area (Å²) < 4.78 is 6.30. The first-order chi connectivity index (χ1) is 11.1. The summed E-state index contributed by atoms with van der Waals surface area (Å²) in [6, 6.07) is 7.70. The summed E-state index contributed by atoms with van der Waals surface area (Å²) in [7, 11) is 0. The third kappa shape index (κ3) is 3.77. The van der Waals surface area contributed by atoms with Crippen LogP contribution in [0.1, 0.15) is 53.1 Å². The number of hydrogen-bond donors (Lipinski definition) is 1. The molecule has 0 atom stereocenters. The van der Waals surface area contributed by atoms with Gasteiger partial charge in [-0.25, -0.2) is 9.48 Å². The lowest BCUT2D eigenvalue weighted by Gasteiger charge is -2.08. The number of carbonyl (C=O) groups is 2. The number of aryl methyl sites for hydroxylation is 1. The van der Waals surface area contributed by atoms with E-state index < -0.39 is 11.9 Å². The molecule has 1 amide bonds. The Morgan fingerprint density at radius 2 is 1.91 bits per heavy atom. The van der Waals surface area contributed by atoms with Crippen molar-refractivity contribution in [3.63, 3.8) is 0 Å². The van der Waals surface area contributed by atoms with Gasteiger partial charge in [-0.2, -0.15) is 5.10 Å². The van der Waals surface area contributed by atoms with Gasteiger partial charge in [-0.05, 0) is 37.5 Å². The number of rotatable bonds is 7. The van der Waals surface area contributed by atoms with Crippen LogP contribution in [-0.4, -0.2) is 28.3 Å². The van der Waals surface area contributed by atoms with E-state index in [9.17, 15) is 9.59 Å². The second-order valence-electron chi connectivity index (χ2n) is 5.17. The number of unbranched alkanes of at least 4 members (excludes halogenated alkanes) is 1. The minimum absolute atomic E-state index is 0.0322. The number of esters is 1. The van der Waals surface area contributed by atoms with E-state index in [1.54, 1.807) is 6.92 Å². The van der Waals surface area contributed by atoms with Crippen molar-refractivity contribution in [2.24, 2.45) is 5.73 Å². The molecule has 0 spiro atoms. The standard InChI is InChI=1S/C17H21N3O3/c1-3-5-6-12-7-9-13(10-8-12)20-15(16(18)21)14(11-19-20)17(22)23-4-2/h7-11H,3-6H2,1-2H3,(H2,18,21). The summed E-state index contributed by atoms with van der Waals surface area (Å²) in [4.78, 5) is 23.7. The molecule has 1 heterocycles. The van der Waals surface area contributed by atoms with Gasteiger partial charge >= 0.3 is 5.97 Å². The van der Waals surface area contributed by atoms with Gasteiger partial charge in [0.25, 0.3) is 5.91 Å². The molecule has 1 aromatic carbocycles. The summed E-state index contributed by atoms with van der Waals surface area (Å²) in [6.45, 7) is 4.06. The van der Waals surface area contributed by atoms with Crippen LogP contribution in [0.15, 0.2) is 30.5 Å². The number of nitrogens with zero attached hydrogens (tertiary/aromatic N) is 2. The zero-order valence-electron chi connectivity index (χ0n) is 13.4. The largest absolute Gasteiger partial charge is 0.462 e. The van der Waals surface area contributed by atoms with E-state index in [4.69, 9.17) is 10.5 Å². The smallest absolute Gasteiger partial charge is 0.342 e. The third-order valence-electron chi connectivity index (χ3n) is 3.50. The van der Waals surface area contributed by atoms with E-state index in [0.717, 1.165) is 19.3 Å². The quantitative estimate of drug-likeness (QED) is 0.795. The molecule has 2 rings (SSSR count). The molecule has 0 unspecified atom stereocenters. The highest BCUT2D eigenvalue weighted by molar-refractivity contribution is 6.03. The second kappa shape index (κ2) is 7.58. The Balaban J connectivity index is 2.35. The zero-order chi connectivity index (χ0) is 16.8. The molecule has 0 aliphatic heterocycles. The molecule has 6 heteroatoms. The van der Waals surface area contributed by atoms with Crippen LogP contribution >= 0.6 is 0 Å². The Labute approximate surface area is 135 Å². The fourth-order valence-electron chi connectivity index (χ4n) is 2.32. The summed E-state index contributed by atoms with van der Waals surface area (Å²) in [5.74, 6) is -1.33. The van der Waals surface area contributed by atoms with Crippen LogP contribution in [0.5, 0.6) is 0 Å². The van der Waals surface area contributed by atoms with Crippen LogP contribution in [0.2, 0.25) is 0 Å². The lowest BCUT2D eigenvalue weighted by molar-refractivity contribution is 0.0523. The van der Waals surface area contributed by atoms with Crippen LogP contribution in [-0.2, 0) is 11.2 Å². The molecule has 2 N–H and O–H groups in total. The van der Waals surface area contributed by atoms with Crippen LogP contribution in [0.4, 0.5) is 0 Å². The van der Waals surface area contributed by atoms with Crippen molar-refractivity contribution in [2.45, 2.75) is 33.1 Å². The maximum atomic E-state index is 11.9. The Morgan fingerprint density at radius 3 is 2.48 bits per heavy atom. The Bertz CT molecular complexity index is 690. The van der Waals surface area contributed by atoms with Crippen molar-refractivity contribution in [2.75, 3.05) is 6.61 Å². The summed E-state index contributed by atoms with van der Waals surface area (Å²) in [5, 5.41) is 4.12. The van der Waals surface area contributed by atoms with Gasteiger partial charge in [0.2, 0.25) is 0 Å². The average molecular weight is 315 g/mol. The fourth-order valence-corrected chi connectivity index (χ4v) is 2.32. The first kappa shape index (κ1) is 16.7. The first-order valence-corrected chi connectivity index (χ1v) is 7.72. The monoisotopic (exact) mass is 315 g/mol. The van der Waals surface area contributed by atoms with E-state index >= 15 is 0 Å².